The number of benzene rings is 2. The maximum Gasteiger partial charge on any atom is 0.251 e. The fourth-order valence-electron chi connectivity index (χ4n) is 5.40. The standard InChI is InChI=1S/C27H35N3O5/c1-17-8-5-6-11-22(17)29-25(31)16-30-20-9-7-10-21(30)15-19(14-20)28-27(32)18-12-23(33-2)26(35-4)24(13-18)34-3/h5-6,8,11-13,19-21H,7,9-10,14-16H2,1-4H3,(H,28,32)(H,29,31). The number of amides is 2. The average molecular weight is 482 g/mol. The molecule has 4 rings (SSSR count). The van der Waals surface area contributed by atoms with E-state index < -0.39 is 0 Å². The Labute approximate surface area is 206 Å². The second kappa shape index (κ2) is 11.0. The van der Waals surface area contributed by atoms with Gasteiger partial charge in [0.25, 0.3) is 5.91 Å². The lowest BCUT2D eigenvalue weighted by Gasteiger charge is -2.48. The largest absolute Gasteiger partial charge is 0.493 e. The number of hydrogen-bond donors (Lipinski definition) is 2. The Kier molecular flexibility index (Phi) is 7.80. The molecule has 2 aliphatic rings. The number of hydrogen-bond acceptors (Lipinski definition) is 6. The molecule has 2 unspecified atom stereocenters. The van der Waals surface area contributed by atoms with E-state index in [1.165, 1.54) is 21.3 Å². The van der Waals surface area contributed by atoms with Crippen molar-refractivity contribution >= 4 is 17.5 Å². The van der Waals surface area contributed by atoms with E-state index in [1.54, 1.807) is 12.1 Å². The van der Waals surface area contributed by atoms with Crippen LogP contribution in [-0.2, 0) is 4.79 Å². The summed E-state index contributed by atoms with van der Waals surface area (Å²) in [5.41, 5.74) is 2.37. The van der Waals surface area contributed by atoms with Crippen molar-refractivity contribution < 1.29 is 23.8 Å². The van der Waals surface area contributed by atoms with Crippen molar-refractivity contribution in [1.82, 2.24) is 10.2 Å². The third-order valence-electron chi connectivity index (χ3n) is 7.13. The molecule has 35 heavy (non-hydrogen) atoms. The summed E-state index contributed by atoms with van der Waals surface area (Å²) in [5, 5.41) is 6.27. The number of aryl methyl sites for hydroxylation is 1. The lowest BCUT2D eigenvalue weighted by Crippen LogP contribution is -2.58. The van der Waals surface area contributed by atoms with E-state index in [-0.39, 0.29) is 29.9 Å². The minimum absolute atomic E-state index is 0.0103. The first-order chi connectivity index (χ1) is 16.9. The van der Waals surface area contributed by atoms with Crippen molar-refractivity contribution in [3.63, 3.8) is 0 Å². The molecule has 8 nitrogen and oxygen atoms in total. The highest BCUT2D eigenvalue weighted by molar-refractivity contribution is 5.96. The van der Waals surface area contributed by atoms with Gasteiger partial charge in [-0.15, -0.1) is 0 Å². The summed E-state index contributed by atoms with van der Waals surface area (Å²) in [6.45, 7) is 2.36. The van der Waals surface area contributed by atoms with Crippen molar-refractivity contribution in [1.29, 1.82) is 0 Å². The van der Waals surface area contributed by atoms with Gasteiger partial charge in [0.05, 0.1) is 27.9 Å². The van der Waals surface area contributed by atoms with Crippen molar-refractivity contribution in [3.8, 4) is 17.2 Å². The van der Waals surface area contributed by atoms with Gasteiger partial charge in [-0.2, -0.15) is 0 Å². The Morgan fingerprint density at radius 1 is 0.971 bits per heavy atom. The van der Waals surface area contributed by atoms with Crippen LogP contribution in [0.4, 0.5) is 5.69 Å². The molecule has 2 saturated heterocycles. The Balaban J connectivity index is 1.41. The van der Waals surface area contributed by atoms with E-state index in [9.17, 15) is 9.59 Å². The van der Waals surface area contributed by atoms with Crippen molar-refractivity contribution in [2.75, 3.05) is 33.2 Å². The lowest BCUT2D eigenvalue weighted by atomic mass is 9.81. The second-order valence-corrected chi connectivity index (χ2v) is 9.33. The van der Waals surface area contributed by atoms with Crippen LogP contribution < -0.4 is 24.8 Å². The highest BCUT2D eigenvalue weighted by atomic mass is 16.5. The predicted molar refractivity (Wildman–Crippen MR) is 135 cm³/mol. The fourth-order valence-corrected chi connectivity index (χ4v) is 5.40. The molecule has 0 aromatic heterocycles. The quantitative estimate of drug-likeness (QED) is 0.597. The SMILES string of the molecule is COc1cc(C(=O)NC2CC3CCCC(C2)N3CC(=O)Nc2ccccc2C)cc(OC)c1OC. The molecule has 2 amide bonds. The summed E-state index contributed by atoms with van der Waals surface area (Å²) in [4.78, 5) is 28.3. The van der Waals surface area contributed by atoms with Crippen LogP contribution in [0.1, 0.15) is 48.0 Å². The highest BCUT2D eigenvalue weighted by Crippen LogP contribution is 2.38. The van der Waals surface area contributed by atoms with E-state index in [0.717, 1.165) is 43.4 Å². The van der Waals surface area contributed by atoms with Crippen LogP contribution in [-0.4, -0.2) is 62.7 Å². The minimum Gasteiger partial charge on any atom is -0.493 e. The molecular formula is C27H35N3O5. The summed E-state index contributed by atoms with van der Waals surface area (Å²) in [5.74, 6) is 1.19. The molecule has 0 spiro atoms. The van der Waals surface area contributed by atoms with Gasteiger partial charge in [-0.3, -0.25) is 14.5 Å². The molecular weight excluding hydrogens is 446 g/mol. The number of nitrogens with one attached hydrogen (secondary N) is 2. The smallest absolute Gasteiger partial charge is 0.251 e. The Morgan fingerprint density at radius 3 is 2.17 bits per heavy atom. The molecule has 0 radical (unpaired) electrons. The van der Waals surface area contributed by atoms with E-state index in [2.05, 4.69) is 15.5 Å². The third-order valence-corrected chi connectivity index (χ3v) is 7.13. The van der Waals surface area contributed by atoms with Crippen molar-refractivity contribution in [3.05, 3.63) is 47.5 Å². The van der Waals surface area contributed by atoms with Gasteiger partial charge in [0, 0.05) is 29.4 Å². The average Bonchev–Trinajstić information content (AvgIpc) is 2.84. The predicted octanol–water partition coefficient (Wildman–Crippen LogP) is 3.77. The normalized spacial score (nSPS) is 21.7. The van der Waals surface area contributed by atoms with Gasteiger partial charge in [0.15, 0.2) is 11.5 Å². The molecule has 2 N–H and O–H groups in total. The first-order valence-electron chi connectivity index (χ1n) is 12.2. The van der Waals surface area contributed by atoms with Crippen LogP contribution in [0.15, 0.2) is 36.4 Å². The molecule has 2 heterocycles. The number of ether oxygens (including phenoxy) is 3. The Morgan fingerprint density at radius 2 is 1.60 bits per heavy atom. The number of rotatable bonds is 8. The lowest BCUT2D eigenvalue weighted by molar-refractivity contribution is -0.120. The number of anilines is 1. The molecule has 0 aliphatic carbocycles. The summed E-state index contributed by atoms with van der Waals surface area (Å²) in [6, 6.07) is 11.8. The van der Waals surface area contributed by atoms with Gasteiger partial charge in [0.2, 0.25) is 11.7 Å². The Hall–Kier alpha value is -3.26. The monoisotopic (exact) mass is 481 g/mol. The fraction of sp³-hybridized carbons (Fsp3) is 0.481. The van der Waals surface area contributed by atoms with Gasteiger partial charge in [0.1, 0.15) is 0 Å². The van der Waals surface area contributed by atoms with Gasteiger partial charge in [-0.05, 0) is 56.4 Å². The van der Waals surface area contributed by atoms with Crippen LogP contribution in [0.3, 0.4) is 0 Å². The van der Waals surface area contributed by atoms with E-state index in [4.69, 9.17) is 14.2 Å². The topological polar surface area (TPSA) is 89.1 Å². The highest BCUT2D eigenvalue weighted by Gasteiger charge is 2.39. The minimum atomic E-state index is -0.168. The second-order valence-electron chi connectivity index (χ2n) is 9.33. The molecule has 2 aromatic rings. The number of carbonyl (C=O) groups is 2. The summed E-state index contributed by atoms with van der Waals surface area (Å²) in [6.07, 6.45) is 4.86. The molecule has 8 heteroatoms. The molecule has 2 aliphatic heterocycles. The van der Waals surface area contributed by atoms with E-state index in [1.807, 2.05) is 31.2 Å². The summed E-state index contributed by atoms with van der Waals surface area (Å²) >= 11 is 0. The summed E-state index contributed by atoms with van der Waals surface area (Å²) in [7, 11) is 4.60. The van der Waals surface area contributed by atoms with Crippen LogP contribution in [0.25, 0.3) is 0 Å². The zero-order chi connectivity index (χ0) is 24.9. The van der Waals surface area contributed by atoms with E-state index >= 15 is 0 Å². The van der Waals surface area contributed by atoms with Crippen LogP contribution in [0.2, 0.25) is 0 Å². The van der Waals surface area contributed by atoms with Crippen LogP contribution in [0.5, 0.6) is 17.2 Å². The number of methoxy groups -OCH3 is 3. The zero-order valence-electron chi connectivity index (χ0n) is 20.9. The molecule has 2 fully saturated rings. The van der Waals surface area contributed by atoms with Gasteiger partial charge >= 0.3 is 0 Å². The maximum absolute atomic E-state index is 13.1. The van der Waals surface area contributed by atoms with Crippen LogP contribution in [0, 0.1) is 6.92 Å². The maximum atomic E-state index is 13.1. The Bertz CT molecular complexity index is 1030. The van der Waals surface area contributed by atoms with Gasteiger partial charge in [-0.25, -0.2) is 0 Å². The first-order valence-corrected chi connectivity index (χ1v) is 12.2. The first kappa shape index (κ1) is 24.9. The third kappa shape index (κ3) is 5.53. The summed E-state index contributed by atoms with van der Waals surface area (Å²) < 4.78 is 16.1. The molecule has 188 valence electrons. The molecule has 0 saturated carbocycles. The number of piperidine rings is 2. The molecule has 2 atom stereocenters. The zero-order valence-corrected chi connectivity index (χ0v) is 20.9. The van der Waals surface area contributed by atoms with Crippen molar-refractivity contribution in [2.24, 2.45) is 0 Å². The van der Waals surface area contributed by atoms with E-state index in [0.29, 0.717) is 29.4 Å². The van der Waals surface area contributed by atoms with Crippen molar-refractivity contribution in [2.45, 2.75) is 57.2 Å². The molecule has 2 bridgehead atoms. The number of nitrogens with zero attached hydrogens (tertiary/aromatic N) is 1. The number of para-hydroxylation sites is 1. The number of fused-ring (bicyclic) bond motifs is 2. The van der Waals surface area contributed by atoms with Gasteiger partial charge in [-0.1, -0.05) is 24.6 Å². The van der Waals surface area contributed by atoms with Crippen LogP contribution >= 0.6 is 0 Å². The molecule has 2 aromatic carbocycles. The van der Waals surface area contributed by atoms with Gasteiger partial charge < -0.3 is 24.8 Å². The number of carbonyl (C=O) groups excluding carboxylic acids is 2.